The molecule has 0 fully saturated rings. The molecular weight excluding hydrogens is 244 g/mol. The van der Waals surface area contributed by atoms with Gasteiger partial charge in [0, 0.05) is 5.56 Å². The summed E-state index contributed by atoms with van der Waals surface area (Å²) in [7, 11) is 0. The number of halogens is 1. The van der Waals surface area contributed by atoms with E-state index in [2.05, 4.69) is 29.0 Å². The van der Waals surface area contributed by atoms with Crippen molar-refractivity contribution in [3.63, 3.8) is 0 Å². The van der Waals surface area contributed by atoms with Gasteiger partial charge in [-0.1, -0.05) is 36.4 Å². The monoisotopic (exact) mass is 256 g/mol. The van der Waals surface area contributed by atoms with Crippen LogP contribution in [-0.4, -0.2) is 9.97 Å². The normalized spacial score (nSPS) is 10.1. The van der Waals surface area contributed by atoms with Crippen molar-refractivity contribution < 1.29 is 0 Å². The molecule has 0 unspecified atom stereocenters. The second-order valence-corrected chi connectivity index (χ2v) is 4.06. The number of rotatable bonds is 1. The molecule has 0 amide bonds. The zero-order chi connectivity index (χ0) is 11.7. The average Bonchev–Trinajstić information content (AvgIpc) is 2.39. The van der Waals surface area contributed by atoms with Gasteiger partial charge in [0.1, 0.15) is 0 Å². The fourth-order valence-corrected chi connectivity index (χ4v) is 1.95. The van der Waals surface area contributed by atoms with E-state index < -0.39 is 0 Å². The molecule has 1 aromatic heterocycles. The molecule has 0 aliphatic heterocycles. The molecule has 0 saturated heterocycles. The van der Waals surface area contributed by atoms with Crippen molar-refractivity contribution in [1.82, 2.24) is 9.97 Å². The van der Waals surface area contributed by atoms with E-state index in [-0.39, 0.29) is 12.4 Å². The lowest BCUT2D eigenvalue weighted by atomic mass is 10.1. The van der Waals surface area contributed by atoms with E-state index in [0.29, 0.717) is 0 Å². The maximum Gasteiger partial charge on any atom is 0.0895 e. The number of aromatic nitrogens is 2. The summed E-state index contributed by atoms with van der Waals surface area (Å²) in [5.74, 6) is 0. The molecule has 0 bridgehead atoms. The van der Waals surface area contributed by atoms with Crippen LogP contribution in [0.5, 0.6) is 0 Å². The number of benzene rings is 2. The van der Waals surface area contributed by atoms with Gasteiger partial charge in [0.2, 0.25) is 0 Å². The molecule has 0 spiro atoms. The molecule has 3 rings (SSSR count). The first-order valence-corrected chi connectivity index (χ1v) is 5.62. The van der Waals surface area contributed by atoms with Crippen molar-refractivity contribution in [2.75, 3.05) is 0 Å². The Kier molecular flexibility index (Phi) is 3.58. The van der Waals surface area contributed by atoms with Gasteiger partial charge in [-0.15, -0.1) is 12.4 Å². The van der Waals surface area contributed by atoms with Gasteiger partial charge in [-0.05, 0) is 24.6 Å². The van der Waals surface area contributed by atoms with Crippen LogP contribution in [0.4, 0.5) is 0 Å². The number of hydrogen-bond acceptors (Lipinski definition) is 2. The molecule has 3 aromatic rings. The number of aryl methyl sites for hydroxylation is 1. The van der Waals surface area contributed by atoms with Gasteiger partial charge >= 0.3 is 0 Å². The van der Waals surface area contributed by atoms with Gasteiger partial charge in [-0.2, -0.15) is 0 Å². The van der Waals surface area contributed by atoms with Crippen molar-refractivity contribution in [2.24, 2.45) is 0 Å². The van der Waals surface area contributed by atoms with Gasteiger partial charge < -0.3 is 0 Å². The number of hydrogen-bond donors (Lipinski definition) is 0. The van der Waals surface area contributed by atoms with E-state index >= 15 is 0 Å². The van der Waals surface area contributed by atoms with E-state index in [1.165, 1.54) is 5.56 Å². The average molecular weight is 257 g/mol. The van der Waals surface area contributed by atoms with E-state index in [4.69, 9.17) is 0 Å². The van der Waals surface area contributed by atoms with E-state index in [1.54, 1.807) is 0 Å². The SMILES string of the molecule is Cc1ccccc1-c1cnc2ccccc2n1.Cl. The van der Waals surface area contributed by atoms with E-state index in [1.807, 2.05) is 42.6 Å². The number of para-hydroxylation sites is 2. The summed E-state index contributed by atoms with van der Waals surface area (Å²) in [6, 6.07) is 16.2. The molecular formula is C15H13ClN2. The molecule has 0 aliphatic carbocycles. The van der Waals surface area contributed by atoms with Gasteiger partial charge in [0.15, 0.2) is 0 Å². The predicted molar refractivity (Wildman–Crippen MR) is 77.0 cm³/mol. The van der Waals surface area contributed by atoms with Crippen LogP contribution in [0.2, 0.25) is 0 Å². The lowest BCUT2D eigenvalue weighted by Gasteiger charge is -2.05. The Balaban J connectivity index is 0.00000120. The van der Waals surface area contributed by atoms with Crippen LogP contribution in [0.25, 0.3) is 22.3 Å². The third-order valence-electron chi connectivity index (χ3n) is 2.87. The Morgan fingerprint density at radius 3 is 2.28 bits per heavy atom. The van der Waals surface area contributed by atoms with Gasteiger partial charge in [-0.3, -0.25) is 4.98 Å². The van der Waals surface area contributed by atoms with Crippen LogP contribution in [0, 0.1) is 6.92 Å². The Bertz CT molecular complexity index is 680. The predicted octanol–water partition coefficient (Wildman–Crippen LogP) is 4.03. The number of nitrogens with zero attached hydrogens (tertiary/aromatic N) is 2. The van der Waals surface area contributed by atoms with Crippen LogP contribution >= 0.6 is 12.4 Å². The standard InChI is InChI=1S/C15H12N2.ClH/c1-11-6-2-3-7-12(11)15-10-16-13-8-4-5-9-14(13)17-15;/h2-10H,1H3;1H. The molecule has 3 heteroatoms. The van der Waals surface area contributed by atoms with Gasteiger partial charge in [0.25, 0.3) is 0 Å². The van der Waals surface area contributed by atoms with Crippen molar-refractivity contribution in [1.29, 1.82) is 0 Å². The minimum Gasteiger partial charge on any atom is -0.252 e. The first-order chi connectivity index (χ1) is 8.34. The molecule has 0 atom stereocenters. The van der Waals surface area contributed by atoms with Gasteiger partial charge in [0.05, 0.1) is 22.9 Å². The summed E-state index contributed by atoms with van der Waals surface area (Å²) in [5.41, 5.74) is 5.17. The fraction of sp³-hybridized carbons (Fsp3) is 0.0667. The highest BCUT2D eigenvalue weighted by molar-refractivity contribution is 5.85. The molecule has 0 N–H and O–H groups in total. The van der Waals surface area contributed by atoms with Crippen molar-refractivity contribution in [2.45, 2.75) is 6.92 Å². The molecule has 0 aliphatic rings. The molecule has 18 heavy (non-hydrogen) atoms. The second-order valence-electron chi connectivity index (χ2n) is 4.06. The molecule has 2 aromatic carbocycles. The highest BCUT2D eigenvalue weighted by Gasteiger charge is 2.04. The summed E-state index contributed by atoms with van der Waals surface area (Å²) in [6.07, 6.45) is 1.84. The van der Waals surface area contributed by atoms with E-state index in [0.717, 1.165) is 22.3 Å². The summed E-state index contributed by atoms with van der Waals surface area (Å²) >= 11 is 0. The van der Waals surface area contributed by atoms with Crippen molar-refractivity contribution >= 4 is 23.4 Å². The minimum atomic E-state index is 0. The zero-order valence-electron chi connectivity index (χ0n) is 10.00. The van der Waals surface area contributed by atoms with Gasteiger partial charge in [-0.25, -0.2) is 4.98 Å². The zero-order valence-corrected chi connectivity index (χ0v) is 10.8. The Hall–Kier alpha value is -1.93. The van der Waals surface area contributed by atoms with Crippen LogP contribution < -0.4 is 0 Å². The van der Waals surface area contributed by atoms with Crippen molar-refractivity contribution in [3.8, 4) is 11.3 Å². The van der Waals surface area contributed by atoms with Crippen LogP contribution in [0.15, 0.2) is 54.7 Å². The first-order valence-electron chi connectivity index (χ1n) is 5.62. The summed E-state index contributed by atoms with van der Waals surface area (Å²) in [4.78, 5) is 9.08. The smallest absolute Gasteiger partial charge is 0.0895 e. The minimum absolute atomic E-state index is 0. The summed E-state index contributed by atoms with van der Waals surface area (Å²) in [5, 5.41) is 0. The molecule has 1 heterocycles. The molecule has 0 saturated carbocycles. The van der Waals surface area contributed by atoms with Crippen LogP contribution in [-0.2, 0) is 0 Å². The Morgan fingerprint density at radius 2 is 1.50 bits per heavy atom. The quantitative estimate of drug-likeness (QED) is 0.657. The summed E-state index contributed by atoms with van der Waals surface area (Å²) < 4.78 is 0. The van der Waals surface area contributed by atoms with Crippen LogP contribution in [0.3, 0.4) is 0 Å². The Morgan fingerprint density at radius 1 is 0.833 bits per heavy atom. The largest absolute Gasteiger partial charge is 0.252 e. The third-order valence-corrected chi connectivity index (χ3v) is 2.87. The lowest BCUT2D eigenvalue weighted by molar-refractivity contribution is 1.28. The van der Waals surface area contributed by atoms with Crippen molar-refractivity contribution in [3.05, 3.63) is 60.3 Å². The fourth-order valence-electron chi connectivity index (χ4n) is 1.95. The molecule has 90 valence electrons. The van der Waals surface area contributed by atoms with Crippen LogP contribution in [0.1, 0.15) is 5.56 Å². The lowest BCUT2D eigenvalue weighted by Crippen LogP contribution is -1.90. The second kappa shape index (κ2) is 5.15. The highest BCUT2D eigenvalue weighted by Crippen LogP contribution is 2.22. The highest BCUT2D eigenvalue weighted by atomic mass is 35.5. The van der Waals surface area contributed by atoms with E-state index in [9.17, 15) is 0 Å². The summed E-state index contributed by atoms with van der Waals surface area (Å²) in [6.45, 7) is 2.09. The molecule has 0 radical (unpaired) electrons. The molecule has 2 nitrogen and oxygen atoms in total. The number of fused-ring (bicyclic) bond motifs is 1. The first kappa shape index (κ1) is 12.5. The maximum absolute atomic E-state index is 4.64. The third kappa shape index (κ3) is 2.20. The Labute approximate surface area is 112 Å². The topological polar surface area (TPSA) is 25.8 Å². The maximum atomic E-state index is 4.64.